The molecule has 0 unspecified atom stereocenters. The van der Waals surface area contributed by atoms with Gasteiger partial charge in [-0.1, -0.05) is 0 Å². The molecule has 0 aliphatic heterocycles. The molecule has 2 aromatic rings. The summed E-state index contributed by atoms with van der Waals surface area (Å²) in [6, 6.07) is 4.06. The maximum Gasteiger partial charge on any atom is 0.0932 e. The van der Waals surface area contributed by atoms with Crippen molar-refractivity contribution < 1.29 is 0 Å². The predicted octanol–water partition coefficient (Wildman–Crippen LogP) is 2.77. The maximum atomic E-state index is 4.45. The van der Waals surface area contributed by atoms with Crippen LogP contribution in [-0.4, -0.2) is 15.0 Å². The molecule has 0 saturated carbocycles. The molecular formula is C13H15N3. The zero-order valence-electron chi connectivity index (χ0n) is 10.1. The van der Waals surface area contributed by atoms with Crippen LogP contribution in [0.15, 0.2) is 18.3 Å². The van der Waals surface area contributed by atoms with Gasteiger partial charge in [0, 0.05) is 23.1 Å². The zero-order chi connectivity index (χ0) is 11.7. The first-order chi connectivity index (χ1) is 7.58. The molecule has 0 N–H and O–H groups in total. The summed E-state index contributed by atoms with van der Waals surface area (Å²) in [6.45, 7) is 7.92. The highest BCUT2D eigenvalue weighted by atomic mass is 14.8. The summed E-state index contributed by atoms with van der Waals surface area (Å²) in [6.07, 6.45) is 1.79. The quantitative estimate of drug-likeness (QED) is 0.731. The average molecular weight is 213 g/mol. The Morgan fingerprint density at radius 1 is 0.812 bits per heavy atom. The van der Waals surface area contributed by atoms with Gasteiger partial charge in [-0.05, 0) is 39.8 Å². The summed E-state index contributed by atoms with van der Waals surface area (Å²) in [5.74, 6) is 0. The molecule has 82 valence electrons. The van der Waals surface area contributed by atoms with Crippen molar-refractivity contribution >= 4 is 0 Å². The fraction of sp³-hybridized carbons (Fsp3) is 0.308. The number of hydrogen-bond acceptors (Lipinski definition) is 3. The first-order valence-electron chi connectivity index (χ1n) is 5.33. The van der Waals surface area contributed by atoms with Gasteiger partial charge < -0.3 is 0 Å². The molecule has 0 aliphatic carbocycles. The van der Waals surface area contributed by atoms with Gasteiger partial charge >= 0.3 is 0 Å². The van der Waals surface area contributed by atoms with Crippen LogP contribution in [0.1, 0.15) is 22.8 Å². The van der Waals surface area contributed by atoms with Crippen LogP contribution in [0.5, 0.6) is 0 Å². The Kier molecular flexibility index (Phi) is 2.69. The van der Waals surface area contributed by atoms with Gasteiger partial charge in [0.15, 0.2) is 0 Å². The van der Waals surface area contributed by atoms with Gasteiger partial charge in [0.2, 0.25) is 0 Å². The van der Waals surface area contributed by atoms with E-state index < -0.39 is 0 Å². The van der Waals surface area contributed by atoms with Gasteiger partial charge in [0.1, 0.15) is 0 Å². The van der Waals surface area contributed by atoms with E-state index in [-0.39, 0.29) is 0 Å². The van der Waals surface area contributed by atoms with Gasteiger partial charge in [-0.2, -0.15) is 0 Å². The summed E-state index contributed by atoms with van der Waals surface area (Å²) < 4.78 is 0. The lowest BCUT2D eigenvalue weighted by Crippen LogP contribution is -1.97. The van der Waals surface area contributed by atoms with E-state index in [1.807, 2.05) is 33.8 Å². The molecule has 3 heteroatoms. The Balaban J connectivity index is 2.59. The second kappa shape index (κ2) is 4.00. The molecule has 0 amide bonds. The van der Waals surface area contributed by atoms with E-state index >= 15 is 0 Å². The third-order valence-electron chi connectivity index (χ3n) is 2.55. The molecule has 2 aromatic heterocycles. The Hall–Kier alpha value is -1.77. The molecule has 2 rings (SSSR count). The summed E-state index contributed by atoms with van der Waals surface area (Å²) >= 11 is 0. The molecule has 0 atom stereocenters. The number of hydrogen-bond donors (Lipinski definition) is 0. The Morgan fingerprint density at radius 3 is 2.12 bits per heavy atom. The topological polar surface area (TPSA) is 38.7 Å². The highest BCUT2D eigenvalue weighted by Crippen LogP contribution is 2.22. The summed E-state index contributed by atoms with van der Waals surface area (Å²) in [5, 5.41) is 0. The van der Waals surface area contributed by atoms with Crippen molar-refractivity contribution in [3.05, 3.63) is 41.1 Å². The average Bonchev–Trinajstić information content (AvgIpc) is 2.19. The minimum Gasteiger partial charge on any atom is -0.258 e. The highest BCUT2D eigenvalue weighted by molar-refractivity contribution is 5.63. The largest absolute Gasteiger partial charge is 0.258 e. The minimum absolute atomic E-state index is 0.926. The molecule has 0 aliphatic rings. The third-order valence-corrected chi connectivity index (χ3v) is 2.55. The van der Waals surface area contributed by atoms with Crippen LogP contribution < -0.4 is 0 Å². The van der Waals surface area contributed by atoms with Gasteiger partial charge in [0.05, 0.1) is 17.1 Å². The van der Waals surface area contributed by atoms with Gasteiger partial charge in [-0.15, -0.1) is 0 Å². The van der Waals surface area contributed by atoms with Crippen LogP contribution in [0.3, 0.4) is 0 Å². The molecule has 0 bridgehead atoms. The molecule has 2 heterocycles. The van der Waals surface area contributed by atoms with E-state index in [0.29, 0.717) is 0 Å². The molecule has 0 saturated heterocycles. The fourth-order valence-electron chi connectivity index (χ4n) is 1.80. The van der Waals surface area contributed by atoms with Crippen LogP contribution in [0.25, 0.3) is 11.3 Å². The standard InChI is InChI=1S/C13H15N3/c1-8-5-6-12(10(3)15-8)13-11(4)16-9(2)7-14-13/h5-7H,1-4H3. The molecule has 0 radical (unpaired) electrons. The van der Waals surface area contributed by atoms with E-state index in [9.17, 15) is 0 Å². The molecule has 3 nitrogen and oxygen atoms in total. The van der Waals surface area contributed by atoms with E-state index in [2.05, 4.69) is 21.0 Å². The van der Waals surface area contributed by atoms with Crippen molar-refractivity contribution in [1.29, 1.82) is 0 Å². The van der Waals surface area contributed by atoms with E-state index in [4.69, 9.17) is 0 Å². The van der Waals surface area contributed by atoms with Gasteiger partial charge in [-0.25, -0.2) is 0 Å². The monoisotopic (exact) mass is 213 g/mol. The van der Waals surface area contributed by atoms with Crippen molar-refractivity contribution in [1.82, 2.24) is 15.0 Å². The van der Waals surface area contributed by atoms with Crippen molar-refractivity contribution in [2.24, 2.45) is 0 Å². The lowest BCUT2D eigenvalue weighted by atomic mass is 10.1. The predicted molar refractivity (Wildman–Crippen MR) is 64.2 cm³/mol. The van der Waals surface area contributed by atoms with Crippen LogP contribution in [0, 0.1) is 27.7 Å². The van der Waals surface area contributed by atoms with Crippen LogP contribution in [0.4, 0.5) is 0 Å². The lowest BCUT2D eigenvalue weighted by molar-refractivity contribution is 1.05. The van der Waals surface area contributed by atoms with Crippen molar-refractivity contribution in [3.8, 4) is 11.3 Å². The van der Waals surface area contributed by atoms with E-state index in [0.717, 1.165) is 34.0 Å². The molecule has 0 spiro atoms. The molecule has 16 heavy (non-hydrogen) atoms. The smallest absolute Gasteiger partial charge is 0.0932 e. The fourth-order valence-corrected chi connectivity index (χ4v) is 1.80. The van der Waals surface area contributed by atoms with E-state index in [1.165, 1.54) is 0 Å². The van der Waals surface area contributed by atoms with Crippen LogP contribution in [-0.2, 0) is 0 Å². The van der Waals surface area contributed by atoms with Crippen LogP contribution >= 0.6 is 0 Å². The van der Waals surface area contributed by atoms with Crippen LogP contribution in [0.2, 0.25) is 0 Å². The first kappa shape index (κ1) is 10.7. The second-order valence-corrected chi connectivity index (χ2v) is 4.03. The summed E-state index contributed by atoms with van der Waals surface area (Å²) in [7, 11) is 0. The molecule has 0 fully saturated rings. The minimum atomic E-state index is 0.926. The third kappa shape index (κ3) is 1.94. The maximum absolute atomic E-state index is 4.45. The number of rotatable bonds is 1. The second-order valence-electron chi connectivity index (χ2n) is 4.03. The zero-order valence-corrected chi connectivity index (χ0v) is 10.1. The number of aromatic nitrogens is 3. The Labute approximate surface area is 95.6 Å². The molecule has 0 aromatic carbocycles. The normalized spacial score (nSPS) is 10.5. The van der Waals surface area contributed by atoms with Gasteiger partial charge in [0.25, 0.3) is 0 Å². The first-order valence-corrected chi connectivity index (χ1v) is 5.33. The summed E-state index contributed by atoms with van der Waals surface area (Å²) in [4.78, 5) is 13.3. The molecular weight excluding hydrogens is 198 g/mol. The summed E-state index contributed by atoms with van der Waals surface area (Å²) in [5.41, 5.74) is 5.92. The SMILES string of the molecule is Cc1ccc(-c2ncc(C)nc2C)c(C)n1. The number of pyridine rings is 1. The Bertz CT molecular complexity index is 483. The van der Waals surface area contributed by atoms with Crippen molar-refractivity contribution in [2.75, 3.05) is 0 Å². The van der Waals surface area contributed by atoms with Crippen molar-refractivity contribution in [2.45, 2.75) is 27.7 Å². The highest BCUT2D eigenvalue weighted by Gasteiger charge is 2.08. The number of nitrogens with zero attached hydrogens (tertiary/aromatic N) is 3. The Morgan fingerprint density at radius 2 is 1.50 bits per heavy atom. The number of aryl methyl sites for hydroxylation is 4. The van der Waals surface area contributed by atoms with E-state index in [1.54, 1.807) is 6.20 Å². The van der Waals surface area contributed by atoms with Crippen molar-refractivity contribution in [3.63, 3.8) is 0 Å². The lowest BCUT2D eigenvalue weighted by Gasteiger charge is -2.08. The van der Waals surface area contributed by atoms with Gasteiger partial charge in [-0.3, -0.25) is 15.0 Å².